The van der Waals surface area contributed by atoms with E-state index in [9.17, 15) is 18.0 Å². The van der Waals surface area contributed by atoms with Crippen LogP contribution in [0.1, 0.15) is 69.2 Å². The van der Waals surface area contributed by atoms with E-state index in [1.165, 1.54) is 16.0 Å². The van der Waals surface area contributed by atoms with Crippen LogP contribution in [0.2, 0.25) is 0 Å². The van der Waals surface area contributed by atoms with Crippen LogP contribution in [0, 0.1) is 16.7 Å². The summed E-state index contributed by atoms with van der Waals surface area (Å²) in [6.07, 6.45) is 9.70. The van der Waals surface area contributed by atoms with Crippen molar-refractivity contribution in [2.24, 2.45) is 16.7 Å². The van der Waals surface area contributed by atoms with Gasteiger partial charge in [-0.15, -0.1) is 0 Å². The summed E-state index contributed by atoms with van der Waals surface area (Å²) in [4.78, 5) is 35.3. The van der Waals surface area contributed by atoms with Gasteiger partial charge >= 0.3 is 6.03 Å². The highest BCUT2D eigenvalue weighted by Gasteiger charge is 2.69. The first kappa shape index (κ1) is 26.2. The smallest absolute Gasteiger partial charge is 0.325 e. The zero-order valence-corrected chi connectivity index (χ0v) is 24.2. The number of amides is 3. The Morgan fingerprint density at radius 3 is 2.58 bits per heavy atom. The van der Waals surface area contributed by atoms with Crippen molar-refractivity contribution in [2.75, 3.05) is 18.8 Å². The number of piperidine rings is 1. The molecule has 3 unspecified atom stereocenters. The molecule has 4 fully saturated rings. The van der Waals surface area contributed by atoms with Crippen LogP contribution in [0.5, 0.6) is 0 Å². The Bertz CT molecular complexity index is 1450. The number of hydrogen-bond acceptors (Lipinski definition) is 5. The number of imidazole rings is 1. The molecule has 214 valence electrons. The Labute approximate surface area is 236 Å². The van der Waals surface area contributed by atoms with E-state index in [0.29, 0.717) is 32.4 Å². The molecule has 1 spiro atoms. The SMILES string of the molecule is CC1(C)C2CC[C@@]1(CS(=O)(=O)N1CCC3(CCc4ccccc43)CC1)C(N1C(=O)NC(Cc3cnc[nH]3)C1=O)C2. The summed E-state index contributed by atoms with van der Waals surface area (Å²) in [6, 6.07) is 7.14. The number of benzene rings is 1. The van der Waals surface area contributed by atoms with E-state index < -0.39 is 33.6 Å². The first-order valence-electron chi connectivity index (χ1n) is 14.7. The van der Waals surface area contributed by atoms with Crippen LogP contribution in [0.3, 0.4) is 0 Å². The predicted molar refractivity (Wildman–Crippen MR) is 150 cm³/mol. The summed E-state index contributed by atoms with van der Waals surface area (Å²) in [5, 5.41) is 2.86. The number of fused-ring (bicyclic) bond motifs is 4. The van der Waals surface area contributed by atoms with Crippen molar-refractivity contribution in [3.8, 4) is 0 Å². The van der Waals surface area contributed by atoms with Gasteiger partial charge in [0.15, 0.2) is 0 Å². The third-order valence-electron chi connectivity index (χ3n) is 11.7. The number of aryl methyl sites for hydroxylation is 1. The predicted octanol–water partition coefficient (Wildman–Crippen LogP) is 3.38. The largest absolute Gasteiger partial charge is 0.348 e. The average Bonchev–Trinajstić information content (AvgIpc) is 3.71. The van der Waals surface area contributed by atoms with Crippen LogP contribution in [-0.4, -0.2) is 70.5 Å². The topological polar surface area (TPSA) is 115 Å². The van der Waals surface area contributed by atoms with Crippen molar-refractivity contribution in [1.29, 1.82) is 0 Å². The number of aromatic amines is 1. The normalized spacial score (nSPS) is 32.6. The van der Waals surface area contributed by atoms with Gasteiger partial charge in [-0.2, -0.15) is 0 Å². The highest BCUT2D eigenvalue weighted by molar-refractivity contribution is 7.89. The summed E-state index contributed by atoms with van der Waals surface area (Å²) in [5.41, 5.74) is 2.71. The van der Waals surface area contributed by atoms with Crippen molar-refractivity contribution in [2.45, 2.75) is 82.7 Å². The molecule has 10 heteroatoms. The summed E-state index contributed by atoms with van der Waals surface area (Å²) in [6.45, 7) is 5.36. The highest BCUT2D eigenvalue weighted by atomic mass is 32.2. The van der Waals surface area contributed by atoms with Crippen molar-refractivity contribution < 1.29 is 18.0 Å². The lowest BCUT2D eigenvalue weighted by molar-refractivity contribution is -0.131. The van der Waals surface area contributed by atoms with Gasteiger partial charge in [0.05, 0.1) is 12.1 Å². The zero-order valence-electron chi connectivity index (χ0n) is 23.4. The number of nitrogens with zero attached hydrogens (tertiary/aromatic N) is 3. The molecule has 0 radical (unpaired) electrons. The molecule has 3 heterocycles. The number of hydrogen-bond donors (Lipinski definition) is 2. The van der Waals surface area contributed by atoms with E-state index in [1.807, 2.05) is 0 Å². The molecule has 7 rings (SSSR count). The second-order valence-corrected chi connectivity index (χ2v) is 15.4. The van der Waals surface area contributed by atoms with Crippen molar-refractivity contribution in [1.82, 2.24) is 24.5 Å². The third kappa shape index (κ3) is 3.67. The highest BCUT2D eigenvalue weighted by Crippen LogP contribution is 2.67. The maximum Gasteiger partial charge on any atom is 0.325 e. The number of aromatic nitrogens is 2. The lowest BCUT2D eigenvalue weighted by atomic mass is 9.68. The van der Waals surface area contributed by atoms with E-state index in [-0.39, 0.29) is 28.4 Å². The summed E-state index contributed by atoms with van der Waals surface area (Å²) < 4.78 is 30.1. The van der Waals surface area contributed by atoms with Gasteiger partial charge < -0.3 is 10.3 Å². The van der Waals surface area contributed by atoms with Crippen LogP contribution in [-0.2, 0) is 33.1 Å². The fourth-order valence-corrected chi connectivity index (χ4v) is 11.5. The number of H-pyrrole nitrogens is 1. The van der Waals surface area contributed by atoms with Crippen molar-refractivity contribution >= 4 is 22.0 Å². The van der Waals surface area contributed by atoms with Crippen LogP contribution in [0.25, 0.3) is 0 Å². The second-order valence-electron chi connectivity index (χ2n) is 13.4. The number of rotatable bonds is 6. The first-order valence-corrected chi connectivity index (χ1v) is 16.3. The Morgan fingerprint density at radius 1 is 1.07 bits per heavy atom. The van der Waals surface area contributed by atoms with E-state index in [0.717, 1.165) is 37.8 Å². The number of sulfonamides is 1. The molecule has 2 saturated heterocycles. The molecule has 5 aliphatic rings. The van der Waals surface area contributed by atoms with E-state index in [1.54, 1.807) is 16.8 Å². The molecule has 3 aliphatic carbocycles. The summed E-state index contributed by atoms with van der Waals surface area (Å²) >= 11 is 0. The Morgan fingerprint density at radius 2 is 1.85 bits per heavy atom. The minimum atomic E-state index is -3.61. The van der Waals surface area contributed by atoms with Gasteiger partial charge in [-0.3, -0.25) is 9.69 Å². The summed E-state index contributed by atoms with van der Waals surface area (Å²) in [5.74, 6) is 0.00383. The number of carbonyl (C=O) groups excluding carboxylic acids is 2. The van der Waals surface area contributed by atoms with Crippen LogP contribution in [0.4, 0.5) is 4.79 Å². The van der Waals surface area contributed by atoms with Crippen LogP contribution in [0.15, 0.2) is 36.8 Å². The molecular weight excluding hydrogens is 526 g/mol. The lowest BCUT2D eigenvalue weighted by Crippen LogP contribution is -2.56. The molecule has 2 aliphatic heterocycles. The van der Waals surface area contributed by atoms with Gasteiger partial charge in [0.2, 0.25) is 10.0 Å². The molecule has 4 atom stereocenters. The third-order valence-corrected chi connectivity index (χ3v) is 13.7. The van der Waals surface area contributed by atoms with Crippen LogP contribution < -0.4 is 5.32 Å². The molecule has 1 aromatic heterocycles. The molecule has 9 nitrogen and oxygen atoms in total. The zero-order chi connectivity index (χ0) is 27.9. The molecule has 1 aromatic carbocycles. The molecule has 2 aromatic rings. The average molecular weight is 566 g/mol. The standard InChI is InChI=1S/C30H39N5O4S/c1-28(2)21-8-10-30(28,25(15-21)35-26(36)24(33-27(35)37)16-22-17-31-19-32-22)18-40(38,39)34-13-11-29(12-14-34)9-7-20-5-3-4-6-23(20)29/h3-6,17,19,21,24-25H,7-16,18H2,1-2H3,(H,31,32)(H,33,37)/t21?,24?,25?,30-/m1/s1. The Kier molecular flexibility index (Phi) is 5.82. The van der Waals surface area contributed by atoms with Crippen molar-refractivity contribution in [3.05, 3.63) is 53.6 Å². The molecule has 2 bridgehead atoms. The minimum Gasteiger partial charge on any atom is -0.348 e. The molecular formula is C30H39N5O4S. The molecule has 3 amide bonds. The van der Waals surface area contributed by atoms with Gasteiger partial charge in [-0.1, -0.05) is 38.1 Å². The lowest BCUT2D eigenvalue weighted by Gasteiger charge is -2.46. The Hall–Kier alpha value is -2.72. The van der Waals surface area contributed by atoms with E-state index >= 15 is 0 Å². The molecule has 2 saturated carbocycles. The van der Waals surface area contributed by atoms with Gasteiger partial charge in [-0.05, 0) is 72.8 Å². The number of carbonyl (C=O) groups is 2. The monoisotopic (exact) mass is 565 g/mol. The molecule has 40 heavy (non-hydrogen) atoms. The number of imide groups is 1. The van der Waals surface area contributed by atoms with Gasteiger partial charge in [0, 0.05) is 42.9 Å². The van der Waals surface area contributed by atoms with E-state index in [2.05, 4.69) is 53.4 Å². The first-order chi connectivity index (χ1) is 19.1. The molecule has 2 N–H and O–H groups in total. The Balaban J connectivity index is 1.13. The van der Waals surface area contributed by atoms with Gasteiger partial charge in [0.25, 0.3) is 5.91 Å². The minimum absolute atomic E-state index is 0.0139. The fourth-order valence-electron chi connectivity index (χ4n) is 9.22. The van der Waals surface area contributed by atoms with Gasteiger partial charge in [0.1, 0.15) is 6.04 Å². The number of urea groups is 1. The quantitative estimate of drug-likeness (QED) is 0.521. The maximum atomic E-state index is 14.2. The van der Waals surface area contributed by atoms with Crippen LogP contribution >= 0.6 is 0 Å². The van der Waals surface area contributed by atoms with Gasteiger partial charge in [-0.25, -0.2) is 22.5 Å². The fraction of sp³-hybridized carbons (Fsp3) is 0.633. The summed E-state index contributed by atoms with van der Waals surface area (Å²) in [7, 11) is -3.61. The maximum absolute atomic E-state index is 14.2. The van der Waals surface area contributed by atoms with E-state index in [4.69, 9.17) is 0 Å². The van der Waals surface area contributed by atoms with Crippen molar-refractivity contribution in [3.63, 3.8) is 0 Å². The second kappa shape index (κ2) is 8.89. The number of nitrogens with one attached hydrogen (secondary N) is 2.